The first kappa shape index (κ1) is 10.6. The van der Waals surface area contributed by atoms with Gasteiger partial charge >= 0.3 is 0 Å². The van der Waals surface area contributed by atoms with E-state index in [0.717, 1.165) is 12.8 Å². The summed E-state index contributed by atoms with van der Waals surface area (Å²) in [5.41, 5.74) is 1.28. The van der Waals surface area contributed by atoms with E-state index in [1.807, 2.05) is 24.5 Å². The van der Waals surface area contributed by atoms with Crippen LogP contribution in [0.4, 0.5) is 0 Å². The predicted molar refractivity (Wildman–Crippen MR) is 60.5 cm³/mol. The zero-order valence-electron chi connectivity index (χ0n) is 9.10. The summed E-state index contributed by atoms with van der Waals surface area (Å²) in [5, 5.41) is 9.99. The molecule has 0 saturated heterocycles. The molecule has 1 aromatic rings. The molecule has 1 aromatic heterocycles. The van der Waals surface area contributed by atoms with Crippen LogP contribution in [0.1, 0.15) is 37.7 Å². The quantitative estimate of drug-likeness (QED) is 0.819. The topological polar surface area (TPSA) is 33.1 Å². The minimum Gasteiger partial charge on any atom is -0.393 e. The monoisotopic (exact) mass is 205 g/mol. The second-order valence-corrected chi connectivity index (χ2v) is 4.51. The van der Waals surface area contributed by atoms with Gasteiger partial charge in [0.25, 0.3) is 0 Å². The smallest absolute Gasteiger partial charge is 0.0571 e. The standard InChI is InChI=1S/C13H19NO/c15-13(12-3-1-2-4-12)6-5-11-7-9-14-10-8-11/h7-10,12-13,15H,1-6H2. The number of aliphatic hydroxyl groups excluding tert-OH is 1. The molecule has 2 nitrogen and oxygen atoms in total. The molecule has 0 radical (unpaired) electrons. The molecule has 2 heteroatoms. The predicted octanol–water partition coefficient (Wildman–Crippen LogP) is 2.57. The van der Waals surface area contributed by atoms with Crippen LogP contribution in [-0.2, 0) is 6.42 Å². The van der Waals surface area contributed by atoms with Crippen molar-refractivity contribution in [3.05, 3.63) is 30.1 Å². The molecule has 0 spiro atoms. The van der Waals surface area contributed by atoms with Crippen molar-refractivity contribution in [2.24, 2.45) is 5.92 Å². The Morgan fingerprint density at radius 1 is 1.27 bits per heavy atom. The molecule has 2 rings (SSSR count). The number of pyridine rings is 1. The van der Waals surface area contributed by atoms with Crippen molar-refractivity contribution in [2.45, 2.75) is 44.6 Å². The van der Waals surface area contributed by atoms with E-state index in [1.54, 1.807) is 0 Å². The highest BCUT2D eigenvalue weighted by molar-refractivity contribution is 5.09. The van der Waals surface area contributed by atoms with Crippen LogP contribution < -0.4 is 0 Å². The summed E-state index contributed by atoms with van der Waals surface area (Å²) in [7, 11) is 0. The van der Waals surface area contributed by atoms with Gasteiger partial charge < -0.3 is 5.11 Å². The van der Waals surface area contributed by atoms with Crippen LogP contribution in [0, 0.1) is 5.92 Å². The third-order valence-corrected chi connectivity index (χ3v) is 3.42. The summed E-state index contributed by atoms with van der Waals surface area (Å²) >= 11 is 0. The van der Waals surface area contributed by atoms with Gasteiger partial charge in [0.15, 0.2) is 0 Å². The Hall–Kier alpha value is -0.890. The van der Waals surface area contributed by atoms with Gasteiger partial charge in [-0.15, -0.1) is 0 Å². The first-order chi connectivity index (χ1) is 7.36. The Morgan fingerprint density at radius 2 is 1.93 bits per heavy atom. The second kappa shape index (κ2) is 5.26. The average Bonchev–Trinajstić information content (AvgIpc) is 2.81. The van der Waals surface area contributed by atoms with Crippen molar-refractivity contribution in [3.8, 4) is 0 Å². The molecular formula is C13H19NO. The Labute approximate surface area is 91.4 Å². The van der Waals surface area contributed by atoms with E-state index in [1.165, 1.54) is 31.2 Å². The van der Waals surface area contributed by atoms with Gasteiger partial charge in [-0.05, 0) is 49.3 Å². The first-order valence-electron chi connectivity index (χ1n) is 5.93. The minimum atomic E-state index is -0.0966. The molecule has 1 aliphatic carbocycles. The van der Waals surface area contributed by atoms with E-state index in [9.17, 15) is 5.11 Å². The molecule has 1 heterocycles. The lowest BCUT2D eigenvalue weighted by Crippen LogP contribution is -2.18. The number of aryl methyl sites for hydroxylation is 1. The highest BCUT2D eigenvalue weighted by Gasteiger charge is 2.22. The molecule has 1 atom stereocenters. The molecule has 1 aliphatic rings. The Balaban J connectivity index is 1.77. The van der Waals surface area contributed by atoms with Crippen molar-refractivity contribution in [3.63, 3.8) is 0 Å². The summed E-state index contributed by atoms with van der Waals surface area (Å²) < 4.78 is 0. The number of aromatic nitrogens is 1. The molecule has 15 heavy (non-hydrogen) atoms. The fraction of sp³-hybridized carbons (Fsp3) is 0.615. The lowest BCUT2D eigenvalue weighted by molar-refractivity contribution is 0.102. The van der Waals surface area contributed by atoms with E-state index in [-0.39, 0.29) is 6.10 Å². The maximum absolute atomic E-state index is 9.99. The van der Waals surface area contributed by atoms with Crippen molar-refractivity contribution in [1.29, 1.82) is 0 Å². The number of aliphatic hydroxyl groups is 1. The van der Waals surface area contributed by atoms with Crippen LogP contribution in [0.2, 0.25) is 0 Å². The van der Waals surface area contributed by atoms with E-state index < -0.39 is 0 Å². The summed E-state index contributed by atoms with van der Waals surface area (Å²) in [6, 6.07) is 4.06. The van der Waals surface area contributed by atoms with Crippen molar-refractivity contribution in [1.82, 2.24) is 4.98 Å². The normalized spacial score (nSPS) is 19.3. The van der Waals surface area contributed by atoms with Crippen LogP contribution >= 0.6 is 0 Å². The lowest BCUT2D eigenvalue weighted by Gasteiger charge is -2.17. The second-order valence-electron chi connectivity index (χ2n) is 4.51. The fourth-order valence-corrected chi connectivity index (χ4v) is 2.44. The van der Waals surface area contributed by atoms with Crippen LogP contribution in [0.15, 0.2) is 24.5 Å². The highest BCUT2D eigenvalue weighted by atomic mass is 16.3. The first-order valence-corrected chi connectivity index (χ1v) is 5.93. The van der Waals surface area contributed by atoms with E-state index in [2.05, 4.69) is 4.98 Å². The van der Waals surface area contributed by atoms with Crippen LogP contribution in [0.5, 0.6) is 0 Å². The zero-order valence-corrected chi connectivity index (χ0v) is 9.10. The van der Waals surface area contributed by atoms with Gasteiger partial charge in [0, 0.05) is 12.4 Å². The summed E-state index contributed by atoms with van der Waals surface area (Å²) in [6.07, 6.45) is 10.5. The Kier molecular flexibility index (Phi) is 3.73. The number of hydrogen-bond donors (Lipinski definition) is 1. The van der Waals surface area contributed by atoms with Gasteiger partial charge in [-0.3, -0.25) is 4.98 Å². The molecule has 1 N–H and O–H groups in total. The maximum atomic E-state index is 9.99. The van der Waals surface area contributed by atoms with Crippen molar-refractivity contribution >= 4 is 0 Å². The SMILES string of the molecule is OC(CCc1ccncc1)C1CCCC1. The van der Waals surface area contributed by atoms with Crippen molar-refractivity contribution < 1.29 is 5.11 Å². The molecule has 1 fully saturated rings. The molecule has 0 aliphatic heterocycles. The number of rotatable bonds is 4. The van der Waals surface area contributed by atoms with Crippen molar-refractivity contribution in [2.75, 3.05) is 0 Å². The van der Waals surface area contributed by atoms with Crippen LogP contribution in [0.25, 0.3) is 0 Å². The van der Waals surface area contributed by atoms with Gasteiger partial charge in [-0.1, -0.05) is 12.8 Å². The Morgan fingerprint density at radius 3 is 2.60 bits per heavy atom. The van der Waals surface area contributed by atoms with Crippen LogP contribution in [-0.4, -0.2) is 16.2 Å². The molecule has 0 aromatic carbocycles. The third-order valence-electron chi connectivity index (χ3n) is 3.42. The summed E-state index contributed by atoms with van der Waals surface area (Å²) in [5.74, 6) is 0.562. The average molecular weight is 205 g/mol. The third kappa shape index (κ3) is 3.03. The van der Waals surface area contributed by atoms with E-state index >= 15 is 0 Å². The number of nitrogens with zero attached hydrogens (tertiary/aromatic N) is 1. The minimum absolute atomic E-state index is 0.0966. The fourth-order valence-electron chi connectivity index (χ4n) is 2.44. The molecule has 82 valence electrons. The van der Waals surface area contributed by atoms with Gasteiger partial charge in [-0.25, -0.2) is 0 Å². The Bertz CT molecular complexity index is 280. The molecule has 1 unspecified atom stereocenters. The highest BCUT2D eigenvalue weighted by Crippen LogP contribution is 2.29. The van der Waals surface area contributed by atoms with E-state index in [0.29, 0.717) is 5.92 Å². The molecule has 0 amide bonds. The van der Waals surface area contributed by atoms with E-state index in [4.69, 9.17) is 0 Å². The number of hydrogen-bond acceptors (Lipinski definition) is 2. The van der Waals surface area contributed by atoms with Gasteiger partial charge in [-0.2, -0.15) is 0 Å². The largest absolute Gasteiger partial charge is 0.393 e. The lowest BCUT2D eigenvalue weighted by atomic mass is 9.95. The van der Waals surface area contributed by atoms with Crippen LogP contribution in [0.3, 0.4) is 0 Å². The zero-order chi connectivity index (χ0) is 10.5. The maximum Gasteiger partial charge on any atom is 0.0571 e. The molecular weight excluding hydrogens is 186 g/mol. The van der Waals surface area contributed by atoms with Gasteiger partial charge in [0.2, 0.25) is 0 Å². The van der Waals surface area contributed by atoms with Gasteiger partial charge in [0.05, 0.1) is 6.10 Å². The summed E-state index contributed by atoms with van der Waals surface area (Å²) in [4.78, 5) is 3.99. The molecule has 0 bridgehead atoms. The van der Waals surface area contributed by atoms with Gasteiger partial charge in [0.1, 0.15) is 0 Å². The summed E-state index contributed by atoms with van der Waals surface area (Å²) in [6.45, 7) is 0. The molecule has 1 saturated carbocycles.